The van der Waals surface area contributed by atoms with Crippen LogP contribution in [0.15, 0.2) is 24.3 Å². The van der Waals surface area contributed by atoms with Gasteiger partial charge in [-0.3, -0.25) is 9.69 Å². The molecule has 3 atom stereocenters. The number of fused-ring (bicyclic) bond motifs is 1. The predicted octanol–water partition coefficient (Wildman–Crippen LogP) is 3.98. The minimum Gasteiger partial charge on any atom is -0.352 e. The van der Waals surface area contributed by atoms with E-state index in [-0.39, 0.29) is 11.9 Å². The third-order valence-electron chi connectivity index (χ3n) is 5.18. The number of amides is 1. The number of likely N-dealkylation sites (N-methyl/N-ethyl adjacent to an activating group) is 1. The smallest absolute Gasteiger partial charge is 0.234 e. The normalized spacial score (nSPS) is 22.7. The van der Waals surface area contributed by atoms with Gasteiger partial charge in [0.15, 0.2) is 0 Å². The van der Waals surface area contributed by atoms with Gasteiger partial charge in [-0.1, -0.05) is 31.9 Å². The van der Waals surface area contributed by atoms with E-state index in [1.807, 2.05) is 25.2 Å². The average Bonchev–Trinajstić information content (AvgIpc) is 3.00. The van der Waals surface area contributed by atoms with Crippen molar-refractivity contribution in [3.63, 3.8) is 0 Å². The number of thiazole rings is 1. The molecule has 1 aliphatic carbocycles. The lowest BCUT2D eigenvalue weighted by atomic mass is 9.86. The van der Waals surface area contributed by atoms with Crippen LogP contribution in [0.2, 0.25) is 0 Å². The molecule has 2 aromatic rings. The molecule has 1 amide bonds. The van der Waals surface area contributed by atoms with Crippen LogP contribution in [0.1, 0.15) is 50.6 Å². The van der Waals surface area contributed by atoms with Gasteiger partial charge in [-0.25, -0.2) is 4.98 Å². The molecule has 1 aliphatic rings. The maximum Gasteiger partial charge on any atom is 0.234 e. The van der Waals surface area contributed by atoms with Crippen molar-refractivity contribution in [1.82, 2.24) is 15.2 Å². The second-order valence-electron chi connectivity index (χ2n) is 7.05. The number of aromatic nitrogens is 1. The molecule has 0 saturated heterocycles. The largest absolute Gasteiger partial charge is 0.352 e. The minimum absolute atomic E-state index is 0.129. The number of carbonyl (C=O) groups excluding carboxylic acids is 1. The Morgan fingerprint density at radius 2 is 2.12 bits per heavy atom. The Morgan fingerprint density at radius 1 is 1.38 bits per heavy atom. The van der Waals surface area contributed by atoms with Gasteiger partial charge >= 0.3 is 0 Å². The van der Waals surface area contributed by atoms with Gasteiger partial charge in [0.2, 0.25) is 5.91 Å². The third kappa shape index (κ3) is 3.95. The molecule has 130 valence electrons. The monoisotopic (exact) mass is 345 g/mol. The van der Waals surface area contributed by atoms with Crippen molar-refractivity contribution >= 4 is 27.5 Å². The molecule has 0 unspecified atom stereocenters. The average molecular weight is 346 g/mol. The second-order valence-corrected chi connectivity index (χ2v) is 8.11. The molecular weight excluding hydrogens is 318 g/mol. The Morgan fingerprint density at radius 3 is 2.88 bits per heavy atom. The molecule has 0 aliphatic heterocycles. The van der Waals surface area contributed by atoms with Crippen molar-refractivity contribution in [3.8, 4) is 0 Å². The maximum atomic E-state index is 12.4. The standard InChI is InChI=1S/C19H27N3OS/c1-13-8-4-5-9-15(13)20-18(23)12-22(3)14(2)19-21-16-10-6-7-11-17(16)24-19/h6-7,10-11,13-15H,4-5,8-9,12H2,1-3H3,(H,20,23)/t13-,14+,15+/m1/s1. The van der Waals surface area contributed by atoms with Crippen molar-refractivity contribution in [2.45, 2.75) is 51.6 Å². The first-order valence-corrected chi connectivity index (χ1v) is 9.71. The van der Waals surface area contributed by atoms with Gasteiger partial charge < -0.3 is 5.32 Å². The van der Waals surface area contributed by atoms with E-state index < -0.39 is 0 Å². The summed E-state index contributed by atoms with van der Waals surface area (Å²) in [5, 5.41) is 4.30. The summed E-state index contributed by atoms with van der Waals surface area (Å²) in [5.74, 6) is 0.721. The summed E-state index contributed by atoms with van der Waals surface area (Å²) in [6.45, 7) is 4.78. The van der Waals surface area contributed by atoms with Crippen molar-refractivity contribution < 1.29 is 4.79 Å². The van der Waals surface area contributed by atoms with Gasteiger partial charge in [0.1, 0.15) is 5.01 Å². The molecule has 3 rings (SSSR count). The predicted molar refractivity (Wildman–Crippen MR) is 100 cm³/mol. The first-order chi connectivity index (χ1) is 11.5. The van der Waals surface area contributed by atoms with Crippen LogP contribution in [-0.4, -0.2) is 35.4 Å². The lowest BCUT2D eigenvalue weighted by molar-refractivity contribution is -0.123. The number of nitrogens with zero attached hydrogens (tertiary/aromatic N) is 2. The van der Waals surface area contributed by atoms with Gasteiger partial charge in [-0.15, -0.1) is 11.3 Å². The molecule has 0 spiro atoms. The second kappa shape index (κ2) is 7.62. The zero-order valence-corrected chi connectivity index (χ0v) is 15.6. The molecule has 1 aromatic carbocycles. The SMILES string of the molecule is C[C@@H]1CCCC[C@@H]1NC(=O)CN(C)[C@@H](C)c1nc2ccccc2s1. The van der Waals surface area contributed by atoms with Gasteiger partial charge in [-0.2, -0.15) is 0 Å². The van der Waals surface area contributed by atoms with Crippen LogP contribution < -0.4 is 5.32 Å². The highest BCUT2D eigenvalue weighted by Gasteiger charge is 2.24. The molecule has 1 N–H and O–H groups in total. The van der Waals surface area contributed by atoms with Gasteiger partial charge in [-0.05, 0) is 44.9 Å². The van der Waals surface area contributed by atoms with E-state index in [1.165, 1.54) is 24.0 Å². The number of rotatable bonds is 5. The number of hydrogen-bond acceptors (Lipinski definition) is 4. The molecule has 1 saturated carbocycles. The van der Waals surface area contributed by atoms with E-state index in [1.54, 1.807) is 11.3 Å². The number of hydrogen-bond donors (Lipinski definition) is 1. The van der Waals surface area contributed by atoms with Crippen LogP contribution in [0.5, 0.6) is 0 Å². The summed E-state index contributed by atoms with van der Waals surface area (Å²) in [6.07, 6.45) is 4.86. The van der Waals surface area contributed by atoms with Gasteiger partial charge in [0, 0.05) is 6.04 Å². The molecule has 4 nitrogen and oxygen atoms in total. The van der Waals surface area contributed by atoms with E-state index >= 15 is 0 Å². The number of benzene rings is 1. The fraction of sp³-hybridized carbons (Fsp3) is 0.579. The molecule has 1 aromatic heterocycles. The van der Waals surface area contributed by atoms with E-state index in [9.17, 15) is 4.79 Å². The topological polar surface area (TPSA) is 45.2 Å². The van der Waals surface area contributed by atoms with Crippen molar-refractivity contribution in [1.29, 1.82) is 0 Å². The zero-order valence-electron chi connectivity index (χ0n) is 14.8. The van der Waals surface area contributed by atoms with E-state index in [0.29, 0.717) is 18.5 Å². The summed E-state index contributed by atoms with van der Waals surface area (Å²) < 4.78 is 1.20. The van der Waals surface area contributed by atoms with Crippen LogP contribution in [0.3, 0.4) is 0 Å². The lowest BCUT2D eigenvalue weighted by Crippen LogP contribution is -2.45. The maximum absolute atomic E-state index is 12.4. The zero-order chi connectivity index (χ0) is 17.1. The third-order valence-corrected chi connectivity index (χ3v) is 6.39. The highest BCUT2D eigenvalue weighted by atomic mass is 32.1. The highest BCUT2D eigenvalue weighted by molar-refractivity contribution is 7.18. The Hall–Kier alpha value is -1.46. The first kappa shape index (κ1) is 17.4. The first-order valence-electron chi connectivity index (χ1n) is 8.89. The van der Waals surface area contributed by atoms with E-state index in [0.717, 1.165) is 16.9 Å². The number of carbonyl (C=O) groups is 1. The highest BCUT2D eigenvalue weighted by Crippen LogP contribution is 2.28. The Kier molecular flexibility index (Phi) is 5.51. The molecule has 1 heterocycles. The van der Waals surface area contributed by atoms with Crippen molar-refractivity contribution in [2.24, 2.45) is 5.92 Å². The van der Waals surface area contributed by atoms with E-state index in [2.05, 4.69) is 30.1 Å². The Labute approximate surface area is 148 Å². The molecule has 1 fully saturated rings. The quantitative estimate of drug-likeness (QED) is 0.891. The van der Waals surface area contributed by atoms with Gasteiger partial charge in [0.05, 0.1) is 22.8 Å². The molecule has 0 radical (unpaired) electrons. The summed E-state index contributed by atoms with van der Waals surface area (Å²) >= 11 is 1.71. The molecule has 5 heteroatoms. The lowest BCUT2D eigenvalue weighted by Gasteiger charge is -2.30. The van der Waals surface area contributed by atoms with Crippen molar-refractivity contribution in [3.05, 3.63) is 29.3 Å². The van der Waals surface area contributed by atoms with Crippen LogP contribution in [-0.2, 0) is 4.79 Å². The van der Waals surface area contributed by atoms with E-state index in [4.69, 9.17) is 4.98 Å². The molecular formula is C19H27N3OS. The summed E-state index contributed by atoms with van der Waals surface area (Å²) in [6, 6.07) is 8.67. The Balaban J connectivity index is 1.58. The molecule has 24 heavy (non-hydrogen) atoms. The Bertz CT molecular complexity index is 666. The van der Waals surface area contributed by atoms with Crippen LogP contribution in [0.25, 0.3) is 10.2 Å². The van der Waals surface area contributed by atoms with Crippen LogP contribution >= 0.6 is 11.3 Å². The fourth-order valence-corrected chi connectivity index (χ4v) is 4.49. The summed E-state index contributed by atoms with van der Waals surface area (Å²) in [5.41, 5.74) is 1.04. The van der Waals surface area contributed by atoms with Gasteiger partial charge in [0.25, 0.3) is 0 Å². The number of para-hydroxylation sites is 1. The molecule has 0 bridgehead atoms. The van der Waals surface area contributed by atoms with Crippen LogP contribution in [0, 0.1) is 5.92 Å². The summed E-state index contributed by atoms with van der Waals surface area (Å²) in [4.78, 5) is 19.2. The number of nitrogens with one attached hydrogen (secondary N) is 1. The fourth-order valence-electron chi connectivity index (χ4n) is 3.40. The van der Waals surface area contributed by atoms with Crippen LogP contribution in [0.4, 0.5) is 0 Å². The summed E-state index contributed by atoms with van der Waals surface area (Å²) in [7, 11) is 2.00. The minimum atomic E-state index is 0.129. The van der Waals surface area contributed by atoms with Crippen molar-refractivity contribution in [2.75, 3.05) is 13.6 Å².